The van der Waals surface area contributed by atoms with Gasteiger partial charge in [0.05, 0.1) is 18.2 Å². The number of halogens is 1. The van der Waals surface area contributed by atoms with E-state index in [0.717, 1.165) is 30.9 Å². The lowest BCUT2D eigenvalue weighted by Gasteiger charge is -2.31. The van der Waals surface area contributed by atoms with E-state index >= 15 is 0 Å². The normalized spacial score (nSPS) is 21.8. The summed E-state index contributed by atoms with van der Waals surface area (Å²) in [6.45, 7) is 3.00. The first-order valence-corrected chi connectivity index (χ1v) is 6.10. The van der Waals surface area contributed by atoms with Crippen LogP contribution in [0.1, 0.15) is 6.42 Å². The van der Waals surface area contributed by atoms with Crippen molar-refractivity contribution < 1.29 is 9.53 Å². The van der Waals surface area contributed by atoms with Crippen LogP contribution < -0.4 is 15.0 Å². The quantitative estimate of drug-likeness (QED) is 0.838. The number of amides is 1. The molecular formula is C13H17ClN2O2. The van der Waals surface area contributed by atoms with E-state index in [2.05, 4.69) is 5.32 Å². The molecule has 2 aliphatic rings. The van der Waals surface area contributed by atoms with E-state index < -0.39 is 0 Å². The van der Waals surface area contributed by atoms with Crippen molar-refractivity contribution in [3.63, 3.8) is 0 Å². The summed E-state index contributed by atoms with van der Waals surface area (Å²) >= 11 is 0. The van der Waals surface area contributed by atoms with Crippen LogP contribution in [-0.2, 0) is 4.79 Å². The number of rotatable bonds is 1. The number of para-hydroxylation sites is 2. The van der Waals surface area contributed by atoms with Gasteiger partial charge in [-0.3, -0.25) is 4.79 Å². The Bertz CT molecular complexity index is 433. The molecule has 2 heterocycles. The molecule has 1 atom stereocenters. The Balaban J connectivity index is 0.00000120. The zero-order valence-electron chi connectivity index (χ0n) is 10.1. The molecule has 0 aromatic heterocycles. The molecule has 5 heteroatoms. The minimum absolute atomic E-state index is 0. The number of carbonyl (C=O) groups excluding carboxylic acids is 1. The van der Waals surface area contributed by atoms with Crippen LogP contribution >= 0.6 is 12.4 Å². The number of ether oxygens (including phenoxy) is 1. The molecule has 0 aliphatic carbocycles. The lowest BCUT2D eigenvalue weighted by atomic mass is 10.1. The van der Waals surface area contributed by atoms with Crippen molar-refractivity contribution >= 4 is 24.0 Å². The first-order chi connectivity index (χ1) is 8.36. The molecule has 3 rings (SSSR count). The molecule has 4 nitrogen and oxygen atoms in total. The molecule has 18 heavy (non-hydrogen) atoms. The summed E-state index contributed by atoms with van der Waals surface area (Å²) < 4.78 is 5.56. The molecule has 1 fully saturated rings. The molecule has 0 saturated carbocycles. The molecule has 2 aliphatic heterocycles. The van der Waals surface area contributed by atoms with Gasteiger partial charge in [0.25, 0.3) is 0 Å². The fourth-order valence-electron chi connectivity index (χ4n) is 2.48. The van der Waals surface area contributed by atoms with Crippen LogP contribution in [0.15, 0.2) is 24.3 Å². The lowest BCUT2D eigenvalue weighted by molar-refractivity contribution is -0.122. The second kappa shape index (κ2) is 5.59. The third-order valence-electron chi connectivity index (χ3n) is 3.40. The van der Waals surface area contributed by atoms with E-state index in [0.29, 0.717) is 13.2 Å². The fraction of sp³-hybridized carbons (Fsp3) is 0.462. The van der Waals surface area contributed by atoms with Gasteiger partial charge in [0.2, 0.25) is 5.91 Å². The monoisotopic (exact) mass is 268 g/mol. The van der Waals surface area contributed by atoms with Gasteiger partial charge in [-0.1, -0.05) is 12.1 Å². The highest BCUT2D eigenvalue weighted by molar-refractivity contribution is 5.97. The van der Waals surface area contributed by atoms with Gasteiger partial charge in [0.1, 0.15) is 12.4 Å². The maximum Gasteiger partial charge on any atom is 0.231 e. The van der Waals surface area contributed by atoms with Crippen molar-refractivity contribution in [3.05, 3.63) is 24.3 Å². The summed E-state index contributed by atoms with van der Waals surface area (Å²) in [5.41, 5.74) is 0.913. The number of anilines is 1. The molecule has 1 saturated heterocycles. The highest BCUT2D eigenvalue weighted by atomic mass is 35.5. The Kier molecular flexibility index (Phi) is 4.09. The average molecular weight is 269 g/mol. The number of hydrogen-bond donors (Lipinski definition) is 1. The molecule has 0 bridgehead atoms. The number of benzene rings is 1. The fourth-order valence-corrected chi connectivity index (χ4v) is 2.48. The summed E-state index contributed by atoms with van der Waals surface area (Å²) in [7, 11) is 0. The molecule has 98 valence electrons. The highest BCUT2D eigenvalue weighted by Gasteiger charge is 2.30. The Morgan fingerprint density at radius 3 is 3.00 bits per heavy atom. The van der Waals surface area contributed by atoms with Crippen LogP contribution in [0.25, 0.3) is 0 Å². The molecule has 1 amide bonds. The zero-order chi connectivity index (χ0) is 11.7. The van der Waals surface area contributed by atoms with E-state index in [1.165, 1.54) is 0 Å². The largest absolute Gasteiger partial charge is 0.490 e. The average Bonchev–Trinajstić information content (AvgIpc) is 2.91. The summed E-state index contributed by atoms with van der Waals surface area (Å²) in [6.07, 6.45) is 0.943. The van der Waals surface area contributed by atoms with Crippen molar-refractivity contribution in [3.8, 4) is 5.75 Å². The predicted octanol–water partition coefficient (Wildman–Crippen LogP) is 1.44. The van der Waals surface area contributed by atoms with Crippen LogP contribution in [-0.4, -0.2) is 32.1 Å². The third kappa shape index (κ3) is 2.31. The Morgan fingerprint density at radius 1 is 1.39 bits per heavy atom. The first-order valence-electron chi connectivity index (χ1n) is 6.10. The van der Waals surface area contributed by atoms with Crippen molar-refractivity contribution in [2.75, 3.05) is 31.1 Å². The Labute approximate surface area is 113 Å². The standard InChI is InChI=1S/C13H16N2O2.ClH/c16-13(10-5-6-14-9-10)15-7-8-17-12-4-2-1-3-11(12)15;/h1-4,10,14H,5-9H2;1H. The van der Waals surface area contributed by atoms with Crippen molar-refractivity contribution in [1.82, 2.24) is 5.32 Å². The van der Waals surface area contributed by atoms with Crippen LogP contribution in [0.2, 0.25) is 0 Å². The molecule has 0 radical (unpaired) electrons. The van der Waals surface area contributed by atoms with Crippen LogP contribution in [0, 0.1) is 5.92 Å². The number of carbonyl (C=O) groups is 1. The number of fused-ring (bicyclic) bond motifs is 1. The van der Waals surface area contributed by atoms with Gasteiger partial charge < -0.3 is 15.0 Å². The lowest BCUT2D eigenvalue weighted by Crippen LogP contribution is -2.42. The maximum atomic E-state index is 12.4. The minimum atomic E-state index is 0. The van der Waals surface area contributed by atoms with E-state index in [-0.39, 0.29) is 24.2 Å². The molecular weight excluding hydrogens is 252 g/mol. The first kappa shape index (κ1) is 13.2. The second-order valence-electron chi connectivity index (χ2n) is 4.50. The van der Waals surface area contributed by atoms with Gasteiger partial charge in [-0.05, 0) is 25.1 Å². The van der Waals surface area contributed by atoms with Gasteiger partial charge >= 0.3 is 0 Å². The molecule has 0 spiro atoms. The van der Waals surface area contributed by atoms with E-state index in [9.17, 15) is 4.79 Å². The van der Waals surface area contributed by atoms with E-state index in [1.807, 2.05) is 29.2 Å². The Morgan fingerprint density at radius 2 is 2.22 bits per heavy atom. The van der Waals surface area contributed by atoms with Gasteiger partial charge in [-0.15, -0.1) is 12.4 Å². The van der Waals surface area contributed by atoms with Crippen molar-refractivity contribution in [1.29, 1.82) is 0 Å². The summed E-state index contributed by atoms with van der Waals surface area (Å²) in [5, 5.41) is 3.24. The minimum Gasteiger partial charge on any atom is -0.490 e. The Hall–Kier alpha value is -1.26. The topological polar surface area (TPSA) is 41.6 Å². The smallest absolute Gasteiger partial charge is 0.231 e. The van der Waals surface area contributed by atoms with Crippen LogP contribution in [0.3, 0.4) is 0 Å². The van der Waals surface area contributed by atoms with Crippen molar-refractivity contribution in [2.24, 2.45) is 5.92 Å². The number of nitrogens with one attached hydrogen (secondary N) is 1. The molecule has 1 aromatic carbocycles. The van der Waals surface area contributed by atoms with Gasteiger partial charge in [0, 0.05) is 6.54 Å². The van der Waals surface area contributed by atoms with Crippen molar-refractivity contribution in [2.45, 2.75) is 6.42 Å². The van der Waals surface area contributed by atoms with E-state index in [4.69, 9.17) is 4.74 Å². The number of hydrogen-bond acceptors (Lipinski definition) is 3. The van der Waals surface area contributed by atoms with Crippen LogP contribution in [0.5, 0.6) is 5.75 Å². The third-order valence-corrected chi connectivity index (χ3v) is 3.40. The van der Waals surface area contributed by atoms with Gasteiger partial charge in [-0.2, -0.15) is 0 Å². The molecule has 1 unspecified atom stereocenters. The summed E-state index contributed by atoms with van der Waals surface area (Å²) in [4.78, 5) is 14.3. The van der Waals surface area contributed by atoms with E-state index in [1.54, 1.807) is 0 Å². The predicted molar refractivity (Wildman–Crippen MR) is 72.5 cm³/mol. The summed E-state index contributed by atoms with van der Waals surface area (Å²) in [6, 6.07) is 7.75. The van der Waals surface area contributed by atoms with Gasteiger partial charge in [0.15, 0.2) is 0 Å². The number of nitrogens with zero attached hydrogens (tertiary/aromatic N) is 1. The van der Waals surface area contributed by atoms with Crippen LogP contribution in [0.4, 0.5) is 5.69 Å². The zero-order valence-corrected chi connectivity index (χ0v) is 10.9. The molecule has 1 N–H and O–H groups in total. The van der Waals surface area contributed by atoms with Gasteiger partial charge in [-0.25, -0.2) is 0 Å². The highest BCUT2D eigenvalue weighted by Crippen LogP contribution is 2.32. The summed E-state index contributed by atoms with van der Waals surface area (Å²) in [5.74, 6) is 1.17. The maximum absolute atomic E-state index is 12.4. The molecule has 1 aromatic rings. The second-order valence-corrected chi connectivity index (χ2v) is 4.50. The SMILES string of the molecule is Cl.O=C(C1CCNC1)N1CCOc2ccccc21.